The summed E-state index contributed by atoms with van der Waals surface area (Å²) in [6.45, 7) is 0.848. The average Bonchev–Trinajstić information content (AvgIpc) is 2.73. The van der Waals surface area contributed by atoms with Crippen molar-refractivity contribution >= 4 is 12.3 Å². The van der Waals surface area contributed by atoms with Crippen molar-refractivity contribution < 1.29 is 29.3 Å². The summed E-state index contributed by atoms with van der Waals surface area (Å²) in [7, 11) is 0. The van der Waals surface area contributed by atoms with Gasteiger partial charge in [0.25, 0.3) is 5.56 Å². The fourth-order valence-electron chi connectivity index (χ4n) is 2.07. The van der Waals surface area contributed by atoms with Crippen molar-refractivity contribution in [1.82, 2.24) is 9.55 Å². The third-order valence-corrected chi connectivity index (χ3v) is 3.18. The zero-order chi connectivity index (χ0) is 16.4. The Bertz CT molecular complexity index is 693. The Labute approximate surface area is 122 Å². The summed E-state index contributed by atoms with van der Waals surface area (Å²) in [5.74, 6) is -0.599. The fourth-order valence-corrected chi connectivity index (χ4v) is 2.07. The molecule has 1 aromatic heterocycles. The van der Waals surface area contributed by atoms with Gasteiger partial charge in [0.05, 0.1) is 5.56 Å². The first-order valence-electron chi connectivity index (χ1n) is 6.30. The molecule has 0 unspecified atom stereocenters. The van der Waals surface area contributed by atoms with Crippen LogP contribution in [0.4, 0.5) is 0 Å². The molecule has 0 aliphatic carbocycles. The second-order valence-corrected chi connectivity index (χ2v) is 4.72. The van der Waals surface area contributed by atoms with Crippen LogP contribution in [0.1, 0.15) is 23.5 Å². The van der Waals surface area contributed by atoms with Crippen LogP contribution in [0.25, 0.3) is 0 Å². The van der Waals surface area contributed by atoms with Crippen LogP contribution in [0.2, 0.25) is 0 Å². The number of nitrogens with one attached hydrogen (secondary N) is 1. The van der Waals surface area contributed by atoms with Gasteiger partial charge in [-0.2, -0.15) is 0 Å². The van der Waals surface area contributed by atoms with E-state index >= 15 is 0 Å². The van der Waals surface area contributed by atoms with Crippen LogP contribution in [0.5, 0.6) is 0 Å². The molecular weight excluding hydrogens is 300 g/mol. The number of H-pyrrole nitrogens is 1. The second kappa shape index (κ2) is 6.22. The molecule has 1 fully saturated rings. The minimum Gasteiger partial charge on any atom is -0.463 e. The van der Waals surface area contributed by atoms with E-state index in [0.29, 0.717) is 0 Å². The third kappa shape index (κ3) is 2.98. The van der Waals surface area contributed by atoms with Crippen LogP contribution in [0.3, 0.4) is 0 Å². The van der Waals surface area contributed by atoms with Crippen LogP contribution in [-0.4, -0.2) is 56.9 Å². The molecule has 22 heavy (non-hydrogen) atoms. The molecule has 0 saturated carbocycles. The van der Waals surface area contributed by atoms with Gasteiger partial charge in [0.2, 0.25) is 0 Å². The molecule has 1 aliphatic heterocycles. The first-order chi connectivity index (χ1) is 10.3. The lowest BCUT2D eigenvalue weighted by Gasteiger charge is -2.17. The van der Waals surface area contributed by atoms with Crippen molar-refractivity contribution in [1.29, 1.82) is 0 Å². The first kappa shape index (κ1) is 16.1. The van der Waals surface area contributed by atoms with E-state index < -0.39 is 41.8 Å². The molecule has 1 aliphatic rings. The number of ether oxygens (including phenoxy) is 2. The summed E-state index contributed by atoms with van der Waals surface area (Å²) in [5.41, 5.74) is -2.13. The molecule has 2 heterocycles. The Hall–Kier alpha value is -2.30. The van der Waals surface area contributed by atoms with Crippen molar-refractivity contribution in [2.24, 2.45) is 0 Å². The number of hydrogen-bond donors (Lipinski definition) is 3. The molecular formula is C12H14N2O8. The number of aliphatic hydroxyl groups is 2. The largest absolute Gasteiger partial charge is 0.463 e. The van der Waals surface area contributed by atoms with Gasteiger partial charge in [-0.15, -0.1) is 0 Å². The van der Waals surface area contributed by atoms with Crippen LogP contribution >= 0.6 is 0 Å². The molecule has 3 N–H and O–H groups in total. The number of aldehydes is 1. The number of aromatic nitrogens is 2. The number of carbonyl (C=O) groups is 2. The molecule has 2 rings (SSSR count). The zero-order valence-corrected chi connectivity index (χ0v) is 11.5. The smallest absolute Gasteiger partial charge is 0.330 e. The molecule has 0 aromatic carbocycles. The lowest BCUT2D eigenvalue weighted by Crippen LogP contribution is -2.38. The van der Waals surface area contributed by atoms with Gasteiger partial charge in [-0.25, -0.2) is 4.79 Å². The highest BCUT2D eigenvalue weighted by molar-refractivity contribution is 5.73. The normalized spacial score (nSPS) is 27.6. The number of carbonyl (C=O) groups excluding carboxylic acids is 2. The van der Waals surface area contributed by atoms with E-state index in [1.807, 2.05) is 4.98 Å². The Kier molecular flexibility index (Phi) is 4.54. The highest BCUT2D eigenvalue weighted by Crippen LogP contribution is 2.28. The predicted octanol–water partition coefficient (Wildman–Crippen LogP) is -2.47. The van der Waals surface area contributed by atoms with E-state index in [9.17, 15) is 29.4 Å². The zero-order valence-electron chi connectivity index (χ0n) is 11.5. The standard InChI is InChI=1S/C12H14N2O8/c1-5(16)21-4-7-8(17)9(18)11(22-7)14-2-6(3-15)10(19)13-12(14)20/h2-3,7-9,11,17-18H,4H2,1H3,(H,13,19,20)/t7-,8-,9-,11-/m1/s1. The second-order valence-electron chi connectivity index (χ2n) is 4.72. The topological polar surface area (TPSA) is 148 Å². The van der Waals surface area contributed by atoms with Crippen molar-refractivity contribution in [2.75, 3.05) is 6.61 Å². The molecule has 0 amide bonds. The SMILES string of the molecule is CC(=O)OC[C@H]1O[C@@H](n2cc(C=O)c(=O)[nH]c2=O)[C@H](O)[C@@H]1O. The van der Waals surface area contributed by atoms with E-state index in [1.54, 1.807) is 0 Å². The van der Waals surface area contributed by atoms with Crippen molar-refractivity contribution in [3.63, 3.8) is 0 Å². The summed E-state index contributed by atoms with van der Waals surface area (Å²) in [6, 6.07) is 0. The van der Waals surface area contributed by atoms with Crippen molar-refractivity contribution in [3.05, 3.63) is 32.6 Å². The minimum atomic E-state index is -1.51. The molecule has 0 spiro atoms. The Balaban J connectivity index is 2.30. The number of nitrogens with zero attached hydrogens (tertiary/aromatic N) is 1. The third-order valence-electron chi connectivity index (χ3n) is 3.18. The summed E-state index contributed by atoms with van der Waals surface area (Å²) in [4.78, 5) is 46.5. The van der Waals surface area contributed by atoms with Crippen LogP contribution < -0.4 is 11.2 Å². The molecule has 10 heteroatoms. The molecule has 10 nitrogen and oxygen atoms in total. The predicted molar refractivity (Wildman–Crippen MR) is 69.3 cm³/mol. The van der Waals surface area contributed by atoms with Crippen LogP contribution in [0.15, 0.2) is 15.8 Å². The lowest BCUT2D eigenvalue weighted by atomic mass is 10.1. The van der Waals surface area contributed by atoms with E-state index in [-0.39, 0.29) is 18.5 Å². The molecule has 0 radical (unpaired) electrons. The van der Waals surface area contributed by atoms with Gasteiger partial charge in [-0.3, -0.25) is 23.9 Å². The number of aromatic amines is 1. The maximum atomic E-state index is 11.8. The van der Waals surface area contributed by atoms with Gasteiger partial charge < -0.3 is 19.7 Å². The van der Waals surface area contributed by atoms with Crippen LogP contribution in [-0.2, 0) is 14.3 Å². The number of esters is 1. The summed E-state index contributed by atoms with van der Waals surface area (Å²) >= 11 is 0. The summed E-state index contributed by atoms with van der Waals surface area (Å²) in [6.07, 6.45) is -4.15. The fraction of sp³-hybridized carbons (Fsp3) is 0.500. The molecule has 1 aromatic rings. The van der Waals surface area contributed by atoms with Crippen LogP contribution in [0, 0.1) is 0 Å². The maximum Gasteiger partial charge on any atom is 0.330 e. The number of hydrogen-bond acceptors (Lipinski definition) is 8. The lowest BCUT2D eigenvalue weighted by molar-refractivity contribution is -0.147. The van der Waals surface area contributed by atoms with Gasteiger partial charge in [-0.05, 0) is 0 Å². The van der Waals surface area contributed by atoms with Crippen molar-refractivity contribution in [3.8, 4) is 0 Å². The number of aliphatic hydroxyl groups excluding tert-OH is 2. The quantitative estimate of drug-likeness (QED) is 0.409. The Morgan fingerprint density at radius 1 is 1.45 bits per heavy atom. The number of rotatable bonds is 4. The van der Waals surface area contributed by atoms with Gasteiger partial charge in [-0.1, -0.05) is 0 Å². The van der Waals surface area contributed by atoms with E-state index in [2.05, 4.69) is 4.74 Å². The molecule has 120 valence electrons. The van der Waals surface area contributed by atoms with Gasteiger partial charge in [0.15, 0.2) is 12.5 Å². The Morgan fingerprint density at radius 3 is 2.73 bits per heavy atom. The highest BCUT2D eigenvalue weighted by atomic mass is 16.6. The average molecular weight is 314 g/mol. The van der Waals surface area contributed by atoms with E-state index in [4.69, 9.17) is 4.74 Å². The first-order valence-corrected chi connectivity index (χ1v) is 6.30. The van der Waals surface area contributed by atoms with Gasteiger partial charge >= 0.3 is 11.7 Å². The summed E-state index contributed by atoms with van der Waals surface area (Å²) < 4.78 is 10.8. The van der Waals surface area contributed by atoms with Crippen molar-refractivity contribution in [2.45, 2.75) is 31.5 Å². The molecule has 1 saturated heterocycles. The van der Waals surface area contributed by atoms with Gasteiger partial charge in [0.1, 0.15) is 24.9 Å². The monoisotopic (exact) mass is 314 g/mol. The van der Waals surface area contributed by atoms with E-state index in [0.717, 1.165) is 17.7 Å². The molecule has 0 bridgehead atoms. The summed E-state index contributed by atoms with van der Waals surface area (Å²) in [5, 5.41) is 19.8. The van der Waals surface area contributed by atoms with Gasteiger partial charge in [0, 0.05) is 13.1 Å². The highest BCUT2D eigenvalue weighted by Gasteiger charge is 2.44. The molecule has 4 atom stereocenters. The Morgan fingerprint density at radius 2 is 2.14 bits per heavy atom. The minimum absolute atomic E-state index is 0.239. The van der Waals surface area contributed by atoms with E-state index in [1.165, 1.54) is 0 Å². The maximum absolute atomic E-state index is 11.8.